The number of nitrogens with zero attached hydrogens (tertiary/aromatic N) is 4. The van der Waals surface area contributed by atoms with E-state index in [9.17, 15) is 0 Å². The molecule has 0 amide bonds. The average molecular weight is 314 g/mol. The van der Waals surface area contributed by atoms with Gasteiger partial charge in [-0.2, -0.15) is 0 Å². The maximum absolute atomic E-state index is 5.54. The van der Waals surface area contributed by atoms with Gasteiger partial charge in [0.1, 0.15) is 0 Å². The van der Waals surface area contributed by atoms with Crippen LogP contribution in [0.3, 0.4) is 0 Å². The average Bonchev–Trinajstić information content (AvgIpc) is 3.22. The molecular weight excluding hydrogens is 288 g/mol. The van der Waals surface area contributed by atoms with Crippen molar-refractivity contribution in [2.24, 2.45) is 0 Å². The topological polar surface area (TPSA) is 45.4 Å². The van der Waals surface area contributed by atoms with Crippen LogP contribution in [0.2, 0.25) is 0 Å². The van der Waals surface area contributed by atoms with E-state index < -0.39 is 0 Å². The molecule has 23 heavy (non-hydrogen) atoms. The molecule has 1 aromatic heterocycles. The number of benzene rings is 1. The Bertz CT molecular complexity index is 612. The van der Waals surface area contributed by atoms with Gasteiger partial charge in [0, 0.05) is 32.1 Å². The molecule has 0 N–H and O–H groups in total. The Hall–Kier alpha value is -1.72. The molecule has 1 fully saturated rings. The SMILES string of the molecule is CCN(Cc1nnc(C)o1)C1CCN(C(C)c2ccccc2)C1. The summed E-state index contributed by atoms with van der Waals surface area (Å²) in [5, 5.41) is 8.06. The molecule has 1 aromatic carbocycles. The van der Waals surface area contributed by atoms with Crippen molar-refractivity contribution in [1.29, 1.82) is 0 Å². The highest BCUT2D eigenvalue weighted by Crippen LogP contribution is 2.27. The van der Waals surface area contributed by atoms with Crippen molar-refractivity contribution in [1.82, 2.24) is 20.0 Å². The third-order valence-electron chi connectivity index (χ3n) is 4.85. The molecule has 2 heterocycles. The van der Waals surface area contributed by atoms with Crippen LogP contribution in [0.4, 0.5) is 0 Å². The van der Waals surface area contributed by atoms with Gasteiger partial charge in [0.2, 0.25) is 11.8 Å². The van der Waals surface area contributed by atoms with E-state index in [4.69, 9.17) is 4.42 Å². The molecule has 0 aliphatic carbocycles. The lowest BCUT2D eigenvalue weighted by atomic mass is 10.1. The molecule has 0 bridgehead atoms. The van der Waals surface area contributed by atoms with Crippen molar-refractivity contribution in [3.8, 4) is 0 Å². The largest absolute Gasteiger partial charge is 0.424 e. The quantitative estimate of drug-likeness (QED) is 0.820. The summed E-state index contributed by atoms with van der Waals surface area (Å²) in [7, 11) is 0. The summed E-state index contributed by atoms with van der Waals surface area (Å²) in [5.41, 5.74) is 1.39. The predicted octanol–water partition coefficient (Wildman–Crippen LogP) is 3.04. The second-order valence-corrected chi connectivity index (χ2v) is 6.30. The minimum absolute atomic E-state index is 0.463. The van der Waals surface area contributed by atoms with Gasteiger partial charge in [-0.15, -0.1) is 10.2 Å². The third-order valence-corrected chi connectivity index (χ3v) is 4.85. The molecule has 2 atom stereocenters. The number of likely N-dealkylation sites (N-methyl/N-ethyl adjacent to an activating group) is 1. The van der Waals surface area contributed by atoms with E-state index in [0.717, 1.165) is 32.1 Å². The van der Waals surface area contributed by atoms with E-state index in [1.54, 1.807) is 0 Å². The molecule has 2 unspecified atom stereocenters. The lowest BCUT2D eigenvalue weighted by Crippen LogP contribution is -2.37. The molecule has 1 aliphatic heterocycles. The Labute approximate surface area is 138 Å². The number of rotatable bonds is 6. The van der Waals surface area contributed by atoms with Gasteiger partial charge in [0.25, 0.3) is 0 Å². The molecule has 1 saturated heterocycles. The minimum Gasteiger partial charge on any atom is -0.424 e. The van der Waals surface area contributed by atoms with E-state index in [1.807, 2.05) is 6.92 Å². The summed E-state index contributed by atoms with van der Waals surface area (Å²) >= 11 is 0. The molecule has 5 nitrogen and oxygen atoms in total. The van der Waals surface area contributed by atoms with Crippen molar-refractivity contribution in [3.05, 3.63) is 47.7 Å². The summed E-state index contributed by atoms with van der Waals surface area (Å²) < 4.78 is 5.54. The van der Waals surface area contributed by atoms with E-state index in [-0.39, 0.29) is 0 Å². The Morgan fingerprint density at radius 2 is 2.09 bits per heavy atom. The zero-order valence-electron chi connectivity index (χ0n) is 14.3. The molecular formula is C18H26N4O. The molecule has 1 aliphatic rings. The lowest BCUT2D eigenvalue weighted by molar-refractivity contribution is 0.166. The molecule has 0 radical (unpaired) electrons. The molecule has 2 aromatic rings. The zero-order chi connectivity index (χ0) is 16.2. The van der Waals surface area contributed by atoms with Crippen molar-refractivity contribution >= 4 is 0 Å². The van der Waals surface area contributed by atoms with E-state index in [0.29, 0.717) is 18.0 Å². The van der Waals surface area contributed by atoms with E-state index in [1.165, 1.54) is 12.0 Å². The van der Waals surface area contributed by atoms with Crippen LogP contribution in [0.5, 0.6) is 0 Å². The fraction of sp³-hybridized carbons (Fsp3) is 0.556. The highest BCUT2D eigenvalue weighted by molar-refractivity contribution is 5.18. The highest BCUT2D eigenvalue weighted by Gasteiger charge is 2.30. The summed E-state index contributed by atoms with van der Waals surface area (Å²) in [4.78, 5) is 5.02. The fourth-order valence-electron chi connectivity index (χ4n) is 3.43. The fourth-order valence-corrected chi connectivity index (χ4v) is 3.43. The number of hydrogen-bond donors (Lipinski definition) is 0. The van der Waals surface area contributed by atoms with Gasteiger partial charge in [-0.3, -0.25) is 9.80 Å². The Balaban J connectivity index is 1.61. The van der Waals surface area contributed by atoms with Crippen LogP contribution in [0.25, 0.3) is 0 Å². The number of likely N-dealkylation sites (tertiary alicyclic amines) is 1. The van der Waals surface area contributed by atoms with Crippen LogP contribution in [0, 0.1) is 6.92 Å². The van der Waals surface area contributed by atoms with Crippen LogP contribution in [0.15, 0.2) is 34.7 Å². The van der Waals surface area contributed by atoms with E-state index in [2.05, 4.69) is 64.2 Å². The standard InChI is InChI=1S/C18H26N4O/c1-4-21(13-18-20-19-15(3)23-18)17-10-11-22(12-17)14(2)16-8-6-5-7-9-16/h5-9,14,17H,4,10-13H2,1-3H3. The first-order valence-corrected chi connectivity index (χ1v) is 8.49. The van der Waals surface area contributed by atoms with Crippen molar-refractivity contribution in [2.75, 3.05) is 19.6 Å². The molecule has 3 rings (SSSR count). The summed E-state index contributed by atoms with van der Waals surface area (Å²) in [6.07, 6.45) is 1.19. The molecule has 0 saturated carbocycles. The van der Waals surface area contributed by atoms with Gasteiger partial charge in [0.05, 0.1) is 6.54 Å². The van der Waals surface area contributed by atoms with Gasteiger partial charge >= 0.3 is 0 Å². The number of aromatic nitrogens is 2. The lowest BCUT2D eigenvalue weighted by Gasteiger charge is -2.28. The second-order valence-electron chi connectivity index (χ2n) is 6.30. The maximum Gasteiger partial charge on any atom is 0.230 e. The second kappa shape index (κ2) is 7.23. The molecule has 0 spiro atoms. The molecule has 5 heteroatoms. The normalized spacial score (nSPS) is 20.3. The van der Waals surface area contributed by atoms with Gasteiger partial charge in [0.15, 0.2) is 0 Å². The molecule has 124 valence electrons. The first-order valence-electron chi connectivity index (χ1n) is 8.49. The van der Waals surface area contributed by atoms with Gasteiger partial charge in [-0.1, -0.05) is 37.3 Å². The Morgan fingerprint density at radius 1 is 1.30 bits per heavy atom. The first kappa shape index (κ1) is 16.1. The van der Waals surface area contributed by atoms with Crippen molar-refractivity contribution in [3.63, 3.8) is 0 Å². The maximum atomic E-state index is 5.54. The summed E-state index contributed by atoms with van der Waals surface area (Å²) in [6.45, 7) is 10.3. The van der Waals surface area contributed by atoms with Crippen LogP contribution < -0.4 is 0 Å². The van der Waals surface area contributed by atoms with Crippen molar-refractivity contribution < 1.29 is 4.42 Å². The Morgan fingerprint density at radius 3 is 2.74 bits per heavy atom. The number of hydrogen-bond acceptors (Lipinski definition) is 5. The summed E-state index contributed by atoms with van der Waals surface area (Å²) in [6, 6.07) is 11.8. The van der Waals surface area contributed by atoms with Crippen LogP contribution >= 0.6 is 0 Å². The van der Waals surface area contributed by atoms with E-state index >= 15 is 0 Å². The summed E-state index contributed by atoms with van der Waals surface area (Å²) in [5.74, 6) is 1.36. The third kappa shape index (κ3) is 3.79. The van der Waals surface area contributed by atoms with Crippen LogP contribution in [-0.2, 0) is 6.54 Å². The smallest absolute Gasteiger partial charge is 0.230 e. The van der Waals surface area contributed by atoms with Crippen LogP contribution in [-0.4, -0.2) is 45.7 Å². The predicted molar refractivity (Wildman–Crippen MR) is 90.0 cm³/mol. The van der Waals surface area contributed by atoms with Crippen molar-refractivity contribution in [2.45, 2.75) is 45.8 Å². The van der Waals surface area contributed by atoms with Crippen LogP contribution in [0.1, 0.15) is 43.7 Å². The highest BCUT2D eigenvalue weighted by atomic mass is 16.4. The minimum atomic E-state index is 0.463. The van der Waals surface area contributed by atoms with Gasteiger partial charge in [-0.05, 0) is 25.5 Å². The van der Waals surface area contributed by atoms with Gasteiger partial charge < -0.3 is 4.42 Å². The zero-order valence-corrected chi connectivity index (χ0v) is 14.3. The number of aryl methyl sites for hydroxylation is 1. The monoisotopic (exact) mass is 314 g/mol. The van der Waals surface area contributed by atoms with Gasteiger partial charge in [-0.25, -0.2) is 0 Å². The Kier molecular flexibility index (Phi) is 5.08. The first-order chi connectivity index (χ1) is 11.2.